The van der Waals surface area contributed by atoms with Crippen LogP contribution in [0.25, 0.3) is 0 Å². The third-order valence-corrected chi connectivity index (χ3v) is 6.25. The molecule has 0 unspecified atom stereocenters. The van der Waals surface area contributed by atoms with Gasteiger partial charge in [0.15, 0.2) is 0 Å². The van der Waals surface area contributed by atoms with Gasteiger partial charge in [0.1, 0.15) is 6.04 Å². The number of hydrogen-bond acceptors (Lipinski definition) is 3. The Morgan fingerprint density at radius 1 is 1.04 bits per heavy atom. The van der Waals surface area contributed by atoms with Crippen molar-refractivity contribution >= 4 is 17.8 Å². The third kappa shape index (κ3) is 4.13. The molecule has 0 aromatic heterocycles. The Labute approximate surface area is 165 Å². The Bertz CT molecular complexity index is 758. The molecule has 1 aromatic rings. The molecule has 1 atom stereocenters. The minimum absolute atomic E-state index is 0.000131. The highest BCUT2D eigenvalue weighted by Crippen LogP contribution is 2.24. The number of piperidine rings is 1. The molecule has 4 rings (SSSR count). The van der Waals surface area contributed by atoms with Crippen molar-refractivity contribution in [3.8, 4) is 0 Å². The SMILES string of the molecule is O=C1NC[C@H](C(=O)N2CCC(CCC(=O)N3CCc4ccccc4C3)CC2)N1. The van der Waals surface area contributed by atoms with Gasteiger partial charge < -0.3 is 20.4 Å². The molecule has 0 bridgehead atoms. The zero-order valence-electron chi connectivity index (χ0n) is 16.2. The number of rotatable bonds is 4. The second kappa shape index (κ2) is 8.20. The van der Waals surface area contributed by atoms with E-state index in [1.807, 2.05) is 15.9 Å². The van der Waals surface area contributed by atoms with Crippen LogP contribution in [0.2, 0.25) is 0 Å². The predicted molar refractivity (Wildman–Crippen MR) is 104 cm³/mol. The molecule has 3 aliphatic rings. The van der Waals surface area contributed by atoms with E-state index < -0.39 is 6.04 Å². The lowest BCUT2D eigenvalue weighted by molar-refractivity contribution is -0.135. The van der Waals surface area contributed by atoms with Gasteiger partial charge in [0, 0.05) is 39.1 Å². The lowest BCUT2D eigenvalue weighted by Crippen LogP contribution is -2.48. The first-order valence-electron chi connectivity index (χ1n) is 10.3. The lowest BCUT2D eigenvalue weighted by atomic mass is 9.91. The highest BCUT2D eigenvalue weighted by Gasteiger charge is 2.32. The fourth-order valence-corrected chi connectivity index (χ4v) is 4.46. The third-order valence-electron chi connectivity index (χ3n) is 6.25. The van der Waals surface area contributed by atoms with Gasteiger partial charge in [-0.15, -0.1) is 0 Å². The normalized spacial score (nSPS) is 22.4. The monoisotopic (exact) mass is 384 g/mol. The Morgan fingerprint density at radius 2 is 1.79 bits per heavy atom. The van der Waals surface area contributed by atoms with E-state index in [2.05, 4.69) is 28.8 Å². The summed E-state index contributed by atoms with van der Waals surface area (Å²) in [4.78, 5) is 40.1. The van der Waals surface area contributed by atoms with Crippen LogP contribution in [0.15, 0.2) is 24.3 Å². The van der Waals surface area contributed by atoms with E-state index in [0.29, 0.717) is 32.0 Å². The molecule has 0 aliphatic carbocycles. The Morgan fingerprint density at radius 3 is 2.50 bits per heavy atom. The number of nitrogens with zero attached hydrogens (tertiary/aromatic N) is 2. The molecular weight excluding hydrogens is 356 g/mol. The van der Waals surface area contributed by atoms with E-state index in [0.717, 1.165) is 38.8 Å². The van der Waals surface area contributed by atoms with Crippen LogP contribution < -0.4 is 10.6 Å². The van der Waals surface area contributed by atoms with Gasteiger partial charge in [-0.05, 0) is 42.7 Å². The maximum atomic E-state index is 12.6. The van der Waals surface area contributed by atoms with Crippen molar-refractivity contribution in [1.29, 1.82) is 0 Å². The largest absolute Gasteiger partial charge is 0.341 e. The molecule has 7 heteroatoms. The maximum absolute atomic E-state index is 12.6. The van der Waals surface area contributed by atoms with Crippen molar-refractivity contribution in [2.24, 2.45) is 5.92 Å². The van der Waals surface area contributed by atoms with Crippen LogP contribution in [0.4, 0.5) is 4.79 Å². The number of fused-ring (bicyclic) bond motifs is 1. The summed E-state index contributed by atoms with van der Waals surface area (Å²) in [6.45, 7) is 3.32. The second-order valence-electron chi connectivity index (χ2n) is 8.05. The number of urea groups is 1. The number of hydrogen-bond donors (Lipinski definition) is 2. The van der Waals surface area contributed by atoms with Crippen LogP contribution in [-0.4, -0.2) is 59.9 Å². The van der Waals surface area contributed by atoms with Gasteiger partial charge in [-0.25, -0.2) is 4.79 Å². The van der Waals surface area contributed by atoms with Crippen molar-refractivity contribution < 1.29 is 14.4 Å². The highest BCUT2D eigenvalue weighted by atomic mass is 16.2. The molecule has 150 valence electrons. The second-order valence-corrected chi connectivity index (χ2v) is 8.05. The highest BCUT2D eigenvalue weighted by molar-refractivity contribution is 5.90. The molecule has 1 aromatic carbocycles. The van der Waals surface area contributed by atoms with Gasteiger partial charge in [-0.3, -0.25) is 9.59 Å². The first-order chi connectivity index (χ1) is 13.6. The van der Waals surface area contributed by atoms with E-state index in [1.165, 1.54) is 11.1 Å². The van der Waals surface area contributed by atoms with Crippen LogP contribution >= 0.6 is 0 Å². The Balaban J connectivity index is 1.20. The summed E-state index contributed by atoms with van der Waals surface area (Å²) in [6.07, 6.45) is 4.27. The van der Waals surface area contributed by atoms with Crippen LogP contribution in [0.1, 0.15) is 36.8 Å². The first-order valence-corrected chi connectivity index (χ1v) is 10.3. The van der Waals surface area contributed by atoms with E-state index >= 15 is 0 Å². The molecule has 3 heterocycles. The fourth-order valence-electron chi connectivity index (χ4n) is 4.46. The number of benzene rings is 1. The van der Waals surface area contributed by atoms with Gasteiger partial charge in [-0.1, -0.05) is 24.3 Å². The molecular formula is C21H28N4O3. The molecule has 3 aliphatic heterocycles. The van der Waals surface area contributed by atoms with Gasteiger partial charge in [0.05, 0.1) is 0 Å². The minimum Gasteiger partial charge on any atom is -0.341 e. The molecule has 4 amide bonds. The van der Waals surface area contributed by atoms with E-state index in [1.54, 1.807) is 0 Å². The van der Waals surface area contributed by atoms with Crippen LogP contribution in [-0.2, 0) is 22.6 Å². The van der Waals surface area contributed by atoms with Crippen LogP contribution in [0.5, 0.6) is 0 Å². The molecule has 0 radical (unpaired) electrons. The summed E-state index contributed by atoms with van der Waals surface area (Å²) in [6, 6.07) is 7.66. The van der Waals surface area contributed by atoms with Gasteiger partial charge >= 0.3 is 6.03 Å². The number of nitrogens with one attached hydrogen (secondary N) is 2. The summed E-state index contributed by atoms with van der Waals surface area (Å²) >= 11 is 0. The number of carbonyl (C=O) groups is 3. The van der Waals surface area contributed by atoms with Crippen molar-refractivity contribution in [3.63, 3.8) is 0 Å². The molecule has 2 fully saturated rings. The van der Waals surface area contributed by atoms with E-state index in [9.17, 15) is 14.4 Å². The van der Waals surface area contributed by atoms with Crippen LogP contribution in [0, 0.1) is 5.92 Å². The lowest BCUT2D eigenvalue weighted by Gasteiger charge is -2.34. The summed E-state index contributed by atoms with van der Waals surface area (Å²) in [5.74, 6) is 0.731. The number of carbonyl (C=O) groups excluding carboxylic acids is 3. The topological polar surface area (TPSA) is 81.8 Å². The Kier molecular flexibility index (Phi) is 5.50. The molecule has 0 spiro atoms. The number of amides is 4. The van der Waals surface area contributed by atoms with Gasteiger partial charge in [-0.2, -0.15) is 0 Å². The average molecular weight is 384 g/mol. The number of likely N-dealkylation sites (tertiary alicyclic amines) is 1. The van der Waals surface area contributed by atoms with Crippen molar-refractivity contribution in [3.05, 3.63) is 35.4 Å². The fraction of sp³-hybridized carbons (Fsp3) is 0.571. The van der Waals surface area contributed by atoms with Gasteiger partial charge in [0.25, 0.3) is 0 Å². The average Bonchev–Trinajstić information content (AvgIpc) is 3.17. The molecule has 7 nitrogen and oxygen atoms in total. The zero-order valence-corrected chi connectivity index (χ0v) is 16.2. The van der Waals surface area contributed by atoms with Crippen LogP contribution in [0.3, 0.4) is 0 Å². The zero-order chi connectivity index (χ0) is 19.5. The molecule has 2 saturated heterocycles. The summed E-state index contributed by atoms with van der Waals surface area (Å²) in [7, 11) is 0. The smallest absolute Gasteiger partial charge is 0.315 e. The molecule has 28 heavy (non-hydrogen) atoms. The van der Waals surface area contributed by atoms with Gasteiger partial charge in [0.2, 0.25) is 11.8 Å². The summed E-state index contributed by atoms with van der Waals surface area (Å²) < 4.78 is 0. The maximum Gasteiger partial charge on any atom is 0.315 e. The van der Waals surface area contributed by atoms with Crippen molar-refractivity contribution in [2.75, 3.05) is 26.2 Å². The Hall–Kier alpha value is -2.57. The molecule has 2 N–H and O–H groups in total. The summed E-state index contributed by atoms with van der Waals surface area (Å²) in [5, 5.41) is 5.28. The molecule has 0 saturated carbocycles. The predicted octanol–water partition coefficient (Wildman–Crippen LogP) is 1.27. The summed E-state index contributed by atoms with van der Waals surface area (Å²) in [5.41, 5.74) is 2.62. The standard InChI is InChI=1S/C21H28N4O3/c26-19(25-12-9-16-3-1-2-4-17(16)14-25)6-5-15-7-10-24(11-8-15)20(27)18-13-22-21(28)23-18/h1-4,15,18H,5-14H2,(H2,22,23,28)/t18-/m1/s1. The van der Waals surface area contributed by atoms with E-state index in [-0.39, 0.29) is 17.8 Å². The minimum atomic E-state index is -0.437. The van der Waals surface area contributed by atoms with Crippen molar-refractivity contribution in [2.45, 2.75) is 44.7 Å². The van der Waals surface area contributed by atoms with Crippen molar-refractivity contribution in [1.82, 2.24) is 20.4 Å². The quantitative estimate of drug-likeness (QED) is 0.820. The van der Waals surface area contributed by atoms with E-state index in [4.69, 9.17) is 0 Å². The first kappa shape index (κ1) is 18.8.